The molecule has 0 aromatic heterocycles. The second-order valence-corrected chi connectivity index (χ2v) is 4.31. The monoisotopic (exact) mass is 241 g/mol. The fourth-order valence-electron chi connectivity index (χ4n) is 1.91. The summed E-state index contributed by atoms with van der Waals surface area (Å²) >= 11 is 0. The van der Waals surface area contributed by atoms with Gasteiger partial charge in [-0.2, -0.15) is 0 Å². The molecule has 18 heavy (non-hydrogen) atoms. The van der Waals surface area contributed by atoms with Gasteiger partial charge < -0.3 is 10.5 Å². The number of benzene rings is 2. The summed E-state index contributed by atoms with van der Waals surface area (Å²) in [5.74, 6) is 1.69. The van der Waals surface area contributed by atoms with Crippen LogP contribution < -0.4 is 10.5 Å². The lowest BCUT2D eigenvalue weighted by Crippen LogP contribution is -1.99. The van der Waals surface area contributed by atoms with Crippen LogP contribution in [0.15, 0.2) is 48.5 Å². The van der Waals surface area contributed by atoms with Crippen LogP contribution in [0.1, 0.15) is 24.5 Å². The fourth-order valence-corrected chi connectivity index (χ4v) is 1.91. The van der Waals surface area contributed by atoms with Gasteiger partial charge in [-0.05, 0) is 30.2 Å². The normalized spacial score (nSPS) is 10.3. The van der Waals surface area contributed by atoms with Gasteiger partial charge in [-0.3, -0.25) is 0 Å². The van der Waals surface area contributed by atoms with Crippen molar-refractivity contribution in [2.75, 3.05) is 0 Å². The minimum absolute atomic E-state index is 0.490. The van der Waals surface area contributed by atoms with Crippen molar-refractivity contribution in [3.8, 4) is 11.5 Å². The topological polar surface area (TPSA) is 35.2 Å². The third-order valence-corrected chi connectivity index (χ3v) is 2.88. The molecule has 0 amide bonds. The summed E-state index contributed by atoms with van der Waals surface area (Å²) in [6, 6.07) is 16.1. The highest BCUT2D eigenvalue weighted by molar-refractivity contribution is 5.38. The van der Waals surface area contributed by atoms with Crippen molar-refractivity contribution in [2.24, 2.45) is 5.73 Å². The Bertz CT molecular complexity index is 491. The summed E-state index contributed by atoms with van der Waals surface area (Å²) in [4.78, 5) is 0. The quantitative estimate of drug-likeness (QED) is 0.862. The zero-order valence-corrected chi connectivity index (χ0v) is 10.7. The summed E-state index contributed by atoms with van der Waals surface area (Å²) in [6.45, 7) is 2.67. The molecule has 2 rings (SSSR count). The number of rotatable bonds is 5. The van der Waals surface area contributed by atoms with Gasteiger partial charge >= 0.3 is 0 Å². The molecule has 0 spiro atoms. The van der Waals surface area contributed by atoms with Crippen molar-refractivity contribution in [1.29, 1.82) is 0 Å². The summed E-state index contributed by atoms with van der Waals surface area (Å²) in [6.07, 6.45) is 2.27. The van der Waals surface area contributed by atoms with Gasteiger partial charge in [0.1, 0.15) is 11.5 Å². The number of hydrogen-bond acceptors (Lipinski definition) is 2. The van der Waals surface area contributed by atoms with Crippen LogP contribution in [0, 0.1) is 0 Å². The Balaban J connectivity index is 2.13. The van der Waals surface area contributed by atoms with Crippen molar-refractivity contribution in [3.05, 3.63) is 59.7 Å². The van der Waals surface area contributed by atoms with Gasteiger partial charge in [-0.1, -0.05) is 43.7 Å². The molecule has 0 fully saturated rings. The first-order valence-corrected chi connectivity index (χ1v) is 6.38. The maximum atomic E-state index is 5.85. The average molecular weight is 241 g/mol. The van der Waals surface area contributed by atoms with E-state index in [0.29, 0.717) is 6.54 Å². The zero-order chi connectivity index (χ0) is 12.8. The highest BCUT2D eigenvalue weighted by atomic mass is 16.5. The molecule has 0 unspecified atom stereocenters. The second kappa shape index (κ2) is 6.22. The van der Waals surface area contributed by atoms with Gasteiger partial charge in [0.05, 0.1) is 0 Å². The molecule has 94 valence electrons. The Kier molecular flexibility index (Phi) is 4.37. The minimum Gasteiger partial charge on any atom is -0.457 e. The summed E-state index contributed by atoms with van der Waals surface area (Å²) in [5, 5.41) is 0. The van der Waals surface area contributed by atoms with Crippen LogP contribution in [-0.2, 0) is 13.0 Å². The highest BCUT2D eigenvalue weighted by Crippen LogP contribution is 2.25. The van der Waals surface area contributed by atoms with Crippen LogP contribution in [0.25, 0.3) is 0 Å². The van der Waals surface area contributed by atoms with E-state index in [0.717, 1.165) is 29.9 Å². The Morgan fingerprint density at radius 2 is 1.72 bits per heavy atom. The Morgan fingerprint density at radius 1 is 1.00 bits per heavy atom. The van der Waals surface area contributed by atoms with Crippen molar-refractivity contribution in [1.82, 2.24) is 0 Å². The van der Waals surface area contributed by atoms with E-state index in [2.05, 4.69) is 19.1 Å². The first kappa shape index (κ1) is 12.7. The molecule has 2 aromatic rings. The van der Waals surface area contributed by atoms with Gasteiger partial charge in [-0.15, -0.1) is 0 Å². The zero-order valence-electron chi connectivity index (χ0n) is 10.7. The average Bonchev–Trinajstić information content (AvgIpc) is 2.42. The first-order chi connectivity index (χ1) is 8.83. The predicted molar refractivity (Wildman–Crippen MR) is 74.8 cm³/mol. The lowest BCUT2D eigenvalue weighted by atomic mass is 10.1. The Hall–Kier alpha value is -1.80. The van der Waals surface area contributed by atoms with Crippen molar-refractivity contribution < 1.29 is 4.74 Å². The maximum Gasteiger partial charge on any atom is 0.131 e. The molecule has 0 radical (unpaired) electrons. The van der Waals surface area contributed by atoms with E-state index in [9.17, 15) is 0 Å². The van der Waals surface area contributed by atoms with E-state index in [-0.39, 0.29) is 0 Å². The molecule has 2 N–H and O–H groups in total. The van der Waals surface area contributed by atoms with E-state index < -0.39 is 0 Å². The SMILES string of the molecule is CCCc1ccc(Oc2ccccc2CN)cc1. The number of ether oxygens (including phenoxy) is 1. The van der Waals surface area contributed by atoms with Crippen LogP contribution in [0.5, 0.6) is 11.5 Å². The first-order valence-electron chi connectivity index (χ1n) is 6.38. The molecule has 2 nitrogen and oxygen atoms in total. The largest absolute Gasteiger partial charge is 0.457 e. The second-order valence-electron chi connectivity index (χ2n) is 4.31. The van der Waals surface area contributed by atoms with Gasteiger partial charge in [-0.25, -0.2) is 0 Å². The van der Waals surface area contributed by atoms with E-state index in [1.54, 1.807) is 0 Å². The van der Waals surface area contributed by atoms with Gasteiger partial charge in [0.15, 0.2) is 0 Å². The van der Waals surface area contributed by atoms with Crippen molar-refractivity contribution >= 4 is 0 Å². The molecule has 0 saturated heterocycles. The smallest absolute Gasteiger partial charge is 0.131 e. The number of nitrogens with two attached hydrogens (primary N) is 1. The van der Waals surface area contributed by atoms with Gasteiger partial charge in [0, 0.05) is 12.1 Å². The van der Waals surface area contributed by atoms with Crippen LogP contribution in [0.2, 0.25) is 0 Å². The molecule has 0 aliphatic carbocycles. The molecule has 0 heterocycles. The number of aryl methyl sites for hydroxylation is 1. The summed E-state index contributed by atoms with van der Waals surface area (Å²) in [7, 11) is 0. The molecule has 2 heteroatoms. The van der Waals surface area contributed by atoms with Crippen molar-refractivity contribution in [3.63, 3.8) is 0 Å². The predicted octanol–water partition coefficient (Wildman–Crippen LogP) is 3.89. The molecule has 0 aliphatic rings. The number of para-hydroxylation sites is 1. The summed E-state index contributed by atoms with van der Waals surface area (Å²) in [5.41, 5.74) is 8.06. The summed E-state index contributed by atoms with van der Waals surface area (Å²) < 4.78 is 5.85. The third kappa shape index (κ3) is 3.11. The lowest BCUT2D eigenvalue weighted by Gasteiger charge is -2.10. The van der Waals surface area contributed by atoms with Crippen LogP contribution >= 0.6 is 0 Å². The molecule has 0 aliphatic heterocycles. The van der Waals surface area contributed by atoms with Gasteiger partial charge in [0.25, 0.3) is 0 Å². The fraction of sp³-hybridized carbons (Fsp3) is 0.250. The highest BCUT2D eigenvalue weighted by Gasteiger charge is 2.02. The van der Waals surface area contributed by atoms with E-state index in [4.69, 9.17) is 10.5 Å². The Labute approximate surface area is 108 Å². The van der Waals surface area contributed by atoms with Crippen LogP contribution in [0.3, 0.4) is 0 Å². The van der Waals surface area contributed by atoms with Gasteiger partial charge in [0.2, 0.25) is 0 Å². The minimum atomic E-state index is 0.490. The molecule has 2 aromatic carbocycles. The Morgan fingerprint density at radius 3 is 2.39 bits per heavy atom. The standard InChI is InChI=1S/C16H19NO/c1-2-5-13-8-10-15(11-9-13)18-16-7-4-3-6-14(16)12-17/h3-4,6-11H,2,5,12,17H2,1H3. The van der Waals surface area contributed by atoms with E-state index in [1.807, 2.05) is 36.4 Å². The molecule has 0 atom stereocenters. The molecule has 0 saturated carbocycles. The van der Waals surface area contributed by atoms with Crippen LogP contribution in [0.4, 0.5) is 0 Å². The van der Waals surface area contributed by atoms with E-state index in [1.165, 1.54) is 5.56 Å². The maximum absolute atomic E-state index is 5.85. The third-order valence-electron chi connectivity index (χ3n) is 2.88. The van der Waals surface area contributed by atoms with Crippen molar-refractivity contribution in [2.45, 2.75) is 26.3 Å². The number of hydrogen-bond donors (Lipinski definition) is 1. The molecular formula is C16H19NO. The molecular weight excluding hydrogens is 222 g/mol. The molecule has 0 bridgehead atoms. The lowest BCUT2D eigenvalue weighted by molar-refractivity contribution is 0.476. The van der Waals surface area contributed by atoms with Crippen LogP contribution in [-0.4, -0.2) is 0 Å². The van der Waals surface area contributed by atoms with E-state index >= 15 is 0 Å².